The number of carbonyl (C=O) groups is 2. The van der Waals surface area contributed by atoms with Gasteiger partial charge in [-0.15, -0.1) is 0 Å². The maximum Gasteiger partial charge on any atom is 0.417 e. The van der Waals surface area contributed by atoms with Crippen LogP contribution in [0.15, 0.2) is 41.5 Å². The number of carbonyl (C=O) groups excluding carboxylic acids is 2. The first kappa shape index (κ1) is 27.3. The molecule has 36 heavy (non-hydrogen) atoms. The number of alkyl halides is 6. The van der Waals surface area contributed by atoms with Gasteiger partial charge in [0.15, 0.2) is 0 Å². The van der Waals surface area contributed by atoms with Crippen LogP contribution in [-0.2, 0) is 21.9 Å². The highest BCUT2D eigenvalue weighted by atomic mass is 35.5. The lowest BCUT2D eigenvalue weighted by atomic mass is 9.82. The molecule has 0 fully saturated rings. The quantitative estimate of drug-likeness (QED) is 0.358. The van der Waals surface area contributed by atoms with Crippen LogP contribution in [0.4, 0.5) is 36.8 Å². The molecule has 1 aliphatic rings. The van der Waals surface area contributed by atoms with E-state index in [-0.39, 0.29) is 35.7 Å². The minimum absolute atomic E-state index is 0.00752. The third-order valence-corrected chi connectivity index (χ3v) is 5.83. The molecule has 0 aromatic heterocycles. The second kappa shape index (κ2) is 9.64. The summed E-state index contributed by atoms with van der Waals surface area (Å²) in [5, 5.41) is 6.81. The van der Waals surface area contributed by atoms with Crippen molar-refractivity contribution in [3.8, 4) is 0 Å². The Balaban J connectivity index is 1.96. The maximum atomic E-state index is 13.1. The zero-order valence-corrected chi connectivity index (χ0v) is 19.9. The summed E-state index contributed by atoms with van der Waals surface area (Å²) in [6.45, 7) is 3.99. The lowest BCUT2D eigenvalue weighted by Crippen LogP contribution is -2.42. The van der Waals surface area contributed by atoms with E-state index < -0.39 is 45.9 Å². The Labute approximate surface area is 206 Å². The van der Waals surface area contributed by atoms with Gasteiger partial charge in [0.25, 0.3) is 0 Å². The Kier molecular flexibility index (Phi) is 7.31. The largest absolute Gasteiger partial charge is 0.465 e. The van der Waals surface area contributed by atoms with Gasteiger partial charge in [-0.1, -0.05) is 17.7 Å². The van der Waals surface area contributed by atoms with Gasteiger partial charge < -0.3 is 10.1 Å². The third kappa shape index (κ3) is 5.43. The molecule has 1 N–H and O–H groups in total. The highest BCUT2D eigenvalue weighted by molar-refractivity contribution is 6.32. The molecule has 0 radical (unpaired) electrons. The van der Waals surface area contributed by atoms with Crippen LogP contribution in [0, 0.1) is 12.3 Å². The Bertz CT molecular complexity index is 1230. The fourth-order valence-corrected chi connectivity index (χ4v) is 3.93. The monoisotopic (exact) mass is 535 g/mol. The van der Waals surface area contributed by atoms with Gasteiger partial charge >= 0.3 is 24.4 Å². The van der Waals surface area contributed by atoms with Crippen LogP contribution in [0.3, 0.4) is 0 Å². The molecule has 194 valence electrons. The normalized spacial score (nSPS) is 18.2. The number of hydrazone groups is 1. The summed E-state index contributed by atoms with van der Waals surface area (Å²) in [5.41, 5.74) is -3.34. The van der Waals surface area contributed by atoms with Crippen molar-refractivity contribution in [3.05, 3.63) is 63.7 Å². The number of benzene rings is 2. The number of rotatable bonds is 4. The summed E-state index contributed by atoms with van der Waals surface area (Å²) >= 11 is 5.83. The van der Waals surface area contributed by atoms with Gasteiger partial charge in [0, 0.05) is 11.3 Å². The summed E-state index contributed by atoms with van der Waals surface area (Å²) in [6.07, 6.45) is -9.27. The molecule has 1 heterocycles. The van der Waals surface area contributed by atoms with Crippen molar-refractivity contribution in [2.75, 3.05) is 18.5 Å². The van der Waals surface area contributed by atoms with E-state index in [9.17, 15) is 35.9 Å². The SMILES string of the molecule is CCOC(=O)C1(C)CN(C(=O)Nc2ccc(C(F)(F)F)cc2C)N=C1c1ccc(C(F)(F)F)c(Cl)c1. The van der Waals surface area contributed by atoms with Crippen molar-refractivity contribution in [2.24, 2.45) is 10.5 Å². The van der Waals surface area contributed by atoms with E-state index in [2.05, 4.69) is 10.4 Å². The summed E-state index contributed by atoms with van der Waals surface area (Å²) in [5.74, 6) is -0.777. The molecule has 1 atom stereocenters. The second-order valence-electron chi connectivity index (χ2n) is 8.21. The fraction of sp³-hybridized carbons (Fsp3) is 0.348. The highest BCUT2D eigenvalue weighted by Crippen LogP contribution is 2.38. The van der Waals surface area contributed by atoms with Gasteiger partial charge in [-0.2, -0.15) is 31.4 Å². The molecular formula is C23H20ClF6N3O3. The number of nitrogens with zero attached hydrogens (tertiary/aromatic N) is 2. The molecule has 0 saturated carbocycles. The molecule has 0 aliphatic carbocycles. The van der Waals surface area contributed by atoms with E-state index in [1.807, 2.05) is 0 Å². The van der Waals surface area contributed by atoms with Crippen LogP contribution in [0.25, 0.3) is 0 Å². The van der Waals surface area contributed by atoms with Crippen molar-refractivity contribution < 1.29 is 40.7 Å². The number of ether oxygens (including phenoxy) is 1. The average Bonchev–Trinajstić information content (AvgIpc) is 3.12. The molecule has 2 amide bonds. The predicted octanol–water partition coefficient (Wildman–Crippen LogP) is 6.51. The Morgan fingerprint density at radius 1 is 1.11 bits per heavy atom. The summed E-state index contributed by atoms with van der Waals surface area (Å²) in [7, 11) is 0. The Morgan fingerprint density at radius 2 is 1.78 bits per heavy atom. The Morgan fingerprint density at radius 3 is 2.31 bits per heavy atom. The van der Waals surface area contributed by atoms with Crippen LogP contribution < -0.4 is 5.32 Å². The molecule has 3 rings (SSSR count). The summed E-state index contributed by atoms with van der Waals surface area (Å²) in [4.78, 5) is 25.7. The number of esters is 1. The lowest BCUT2D eigenvalue weighted by Gasteiger charge is -2.24. The van der Waals surface area contributed by atoms with Gasteiger partial charge in [0.2, 0.25) is 0 Å². The first-order chi connectivity index (χ1) is 16.6. The van der Waals surface area contributed by atoms with Crippen molar-refractivity contribution in [1.29, 1.82) is 0 Å². The second-order valence-corrected chi connectivity index (χ2v) is 8.62. The van der Waals surface area contributed by atoms with Crippen molar-refractivity contribution in [2.45, 2.75) is 33.1 Å². The van der Waals surface area contributed by atoms with Gasteiger partial charge in [0.1, 0.15) is 5.41 Å². The van der Waals surface area contributed by atoms with E-state index in [1.54, 1.807) is 6.92 Å². The number of halogens is 7. The van der Waals surface area contributed by atoms with Gasteiger partial charge in [-0.05, 0) is 56.7 Å². The number of amides is 2. The number of hydrogen-bond donors (Lipinski definition) is 1. The zero-order valence-electron chi connectivity index (χ0n) is 19.1. The minimum Gasteiger partial charge on any atom is -0.465 e. The lowest BCUT2D eigenvalue weighted by molar-refractivity contribution is -0.150. The topological polar surface area (TPSA) is 71.0 Å². The molecule has 2 aromatic rings. The fourth-order valence-electron chi connectivity index (χ4n) is 3.64. The molecule has 1 unspecified atom stereocenters. The zero-order chi connectivity index (χ0) is 27.1. The first-order valence-electron chi connectivity index (χ1n) is 10.5. The van der Waals surface area contributed by atoms with Crippen LogP contribution in [0.2, 0.25) is 5.02 Å². The van der Waals surface area contributed by atoms with E-state index in [1.165, 1.54) is 13.8 Å². The summed E-state index contributed by atoms with van der Waals surface area (Å²) < 4.78 is 83.2. The number of anilines is 1. The molecule has 0 saturated heterocycles. The summed E-state index contributed by atoms with van der Waals surface area (Å²) in [6, 6.07) is 4.67. The van der Waals surface area contributed by atoms with Crippen molar-refractivity contribution in [3.63, 3.8) is 0 Å². The van der Waals surface area contributed by atoms with Crippen LogP contribution in [0.1, 0.15) is 36.1 Å². The van der Waals surface area contributed by atoms with Crippen LogP contribution in [0.5, 0.6) is 0 Å². The van der Waals surface area contributed by atoms with Gasteiger partial charge in [-0.25, -0.2) is 9.80 Å². The van der Waals surface area contributed by atoms with Crippen LogP contribution >= 0.6 is 11.6 Å². The minimum atomic E-state index is -4.71. The molecule has 0 bridgehead atoms. The molecule has 6 nitrogen and oxygen atoms in total. The molecule has 1 aliphatic heterocycles. The number of aryl methyl sites for hydroxylation is 1. The first-order valence-corrected chi connectivity index (χ1v) is 10.9. The number of urea groups is 1. The van der Waals surface area contributed by atoms with E-state index in [0.717, 1.165) is 41.4 Å². The number of hydrogen-bond acceptors (Lipinski definition) is 4. The predicted molar refractivity (Wildman–Crippen MR) is 120 cm³/mol. The standard InChI is InChI=1S/C23H20ClF6N3O3/c1-4-36-19(34)21(3)11-33(20(35)31-17-8-6-14(9-12(17)2)22(25,26)27)32-18(21)13-5-7-15(16(24)10-13)23(28,29)30/h5-10H,4,11H2,1-3H3,(H,31,35). The molecule has 13 heteroatoms. The van der Waals surface area contributed by atoms with Crippen molar-refractivity contribution >= 4 is 35.0 Å². The molecular weight excluding hydrogens is 516 g/mol. The third-order valence-electron chi connectivity index (χ3n) is 5.51. The van der Waals surface area contributed by atoms with E-state index >= 15 is 0 Å². The molecule has 0 spiro atoms. The maximum absolute atomic E-state index is 13.1. The van der Waals surface area contributed by atoms with Crippen LogP contribution in [-0.4, -0.2) is 35.9 Å². The number of nitrogens with one attached hydrogen (secondary N) is 1. The highest BCUT2D eigenvalue weighted by Gasteiger charge is 2.49. The van der Waals surface area contributed by atoms with E-state index in [0.29, 0.717) is 0 Å². The van der Waals surface area contributed by atoms with Crippen molar-refractivity contribution in [1.82, 2.24) is 5.01 Å². The van der Waals surface area contributed by atoms with E-state index in [4.69, 9.17) is 16.3 Å². The Hall–Kier alpha value is -3.28. The smallest absolute Gasteiger partial charge is 0.417 e. The van der Waals surface area contributed by atoms with Gasteiger partial charge in [0.05, 0.1) is 35.0 Å². The molecule has 2 aromatic carbocycles. The average molecular weight is 536 g/mol. The van der Waals surface area contributed by atoms with Gasteiger partial charge in [-0.3, -0.25) is 4.79 Å².